The average Bonchev–Trinajstić information content (AvgIpc) is 3.35. The number of hydrogen-bond donors (Lipinski definition) is 0. The van der Waals surface area contributed by atoms with E-state index in [2.05, 4.69) is 11.8 Å². The average molecular weight is 549 g/mol. The van der Waals surface area contributed by atoms with Crippen molar-refractivity contribution < 1.29 is 38.0 Å². The van der Waals surface area contributed by atoms with Crippen molar-refractivity contribution in [1.82, 2.24) is 4.90 Å². The fourth-order valence-corrected chi connectivity index (χ4v) is 4.76. The van der Waals surface area contributed by atoms with E-state index in [4.69, 9.17) is 39.7 Å². The van der Waals surface area contributed by atoms with Crippen LogP contribution in [0.4, 0.5) is 5.69 Å². The molecule has 2 aliphatic rings. The lowest BCUT2D eigenvalue weighted by atomic mass is 9.85. The van der Waals surface area contributed by atoms with Gasteiger partial charge in [0.25, 0.3) is 0 Å². The van der Waals surface area contributed by atoms with Gasteiger partial charge in [-0.05, 0) is 38.8 Å². The van der Waals surface area contributed by atoms with E-state index in [1.807, 2.05) is 30.9 Å². The number of likely N-dealkylation sites (tertiary alicyclic amines) is 1. The summed E-state index contributed by atoms with van der Waals surface area (Å²) < 4.78 is 40.1. The highest BCUT2D eigenvalue weighted by Crippen LogP contribution is 2.46. The van der Waals surface area contributed by atoms with Gasteiger partial charge < -0.3 is 38.1 Å². The SMILES string of the molecule is [C-]#[N+]c1ccc2c(c1)[C@@H](N1CCCC1=O)[C@H](OCCOCCOCCOCCOCCOCCC)C(C)(C)O2. The maximum atomic E-state index is 12.7. The van der Waals surface area contributed by atoms with Gasteiger partial charge in [-0.15, -0.1) is 0 Å². The Hall–Kier alpha value is -2.26. The minimum Gasteiger partial charge on any atom is -0.485 e. The summed E-state index contributed by atoms with van der Waals surface area (Å²) in [4.78, 5) is 18.2. The first-order valence-corrected chi connectivity index (χ1v) is 14.0. The number of ether oxygens (including phenoxy) is 7. The fraction of sp³-hybridized carbons (Fsp3) is 0.724. The zero-order valence-corrected chi connectivity index (χ0v) is 23.7. The van der Waals surface area contributed by atoms with Crippen molar-refractivity contribution in [2.45, 2.75) is 57.8 Å². The second-order valence-corrected chi connectivity index (χ2v) is 10.0. The molecule has 218 valence electrons. The molecule has 10 heteroatoms. The Bertz CT molecular complexity index is 919. The van der Waals surface area contributed by atoms with Gasteiger partial charge in [-0.25, -0.2) is 4.85 Å². The third-order valence-electron chi connectivity index (χ3n) is 6.59. The third-order valence-corrected chi connectivity index (χ3v) is 6.59. The van der Waals surface area contributed by atoms with Gasteiger partial charge in [0.1, 0.15) is 17.5 Å². The number of amides is 1. The largest absolute Gasteiger partial charge is 0.485 e. The van der Waals surface area contributed by atoms with Crippen molar-refractivity contribution >= 4 is 11.6 Å². The van der Waals surface area contributed by atoms with Crippen molar-refractivity contribution in [2.24, 2.45) is 0 Å². The minimum atomic E-state index is -0.670. The van der Waals surface area contributed by atoms with E-state index >= 15 is 0 Å². The highest BCUT2D eigenvalue weighted by molar-refractivity contribution is 5.79. The molecule has 0 unspecified atom stereocenters. The summed E-state index contributed by atoms with van der Waals surface area (Å²) in [5, 5.41) is 0. The molecule has 1 fully saturated rings. The van der Waals surface area contributed by atoms with Crippen LogP contribution in [-0.2, 0) is 33.2 Å². The van der Waals surface area contributed by atoms with Crippen molar-refractivity contribution in [1.29, 1.82) is 0 Å². The molecule has 1 amide bonds. The van der Waals surface area contributed by atoms with Gasteiger partial charge in [0.15, 0.2) is 5.69 Å². The van der Waals surface area contributed by atoms with Gasteiger partial charge in [-0.3, -0.25) is 4.79 Å². The number of carbonyl (C=O) groups is 1. The predicted molar refractivity (Wildman–Crippen MR) is 145 cm³/mol. The van der Waals surface area contributed by atoms with Crippen molar-refractivity contribution in [3.8, 4) is 5.75 Å². The molecule has 0 spiro atoms. The molecule has 0 saturated carbocycles. The summed E-state index contributed by atoms with van der Waals surface area (Å²) in [6.45, 7) is 19.8. The van der Waals surface area contributed by atoms with Crippen LogP contribution < -0.4 is 4.74 Å². The number of hydrogen-bond acceptors (Lipinski definition) is 8. The molecule has 0 aliphatic carbocycles. The molecule has 10 nitrogen and oxygen atoms in total. The van der Waals surface area contributed by atoms with Crippen LogP contribution in [0.5, 0.6) is 5.75 Å². The molecule has 0 N–H and O–H groups in total. The predicted octanol–water partition coefficient (Wildman–Crippen LogP) is 3.95. The van der Waals surface area contributed by atoms with Gasteiger partial charge in [-0.2, -0.15) is 0 Å². The first kappa shape index (κ1) is 31.3. The first-order chi connectivity index (χ1) is 19.0. The lowest BCUT2D eigenvalue weighted by Gasteiger charge is -2.47. The molecule has 2 atom stereocenters. The molecular formula is C29H44N2O8. The Kier molecular flexibility index (Phi) is 13.4. The van der Waals surface area contributed by atoms with Crippen molar-refractivity contribution in [3.63, 3.8) is 0 Å². The summed E-state index contributed by atoms with van der Waals surface area (Å²) in [5.41, 5.74) is 0.673. The van der Waals surface area contributed by atoms with E-state index in [0.717, 1.165) is 25.0 Å². The van der Waals surface area contributed by atoms with E-state index in [-0.39, 0.29) is 11.9 Å². The molecule has 2 aliphatic heterocycles. The second-order valence-electron chi connectivity index (χ2n) is 10.0. The van der Waals surface area contributed by atoms with Crippen LogP contribution in [0.1, 0.15) is 51.6 Å². The zero-order chi connectivity index (χ0) is 27.9. The molecule has 3 rings (SSSR count). The van der Waals surface area contributed by atoms with Crippen molar-refractivity contribution in [3.05, 3.63) is 35.2 Å². The maximum absolute atomic E-state index is 12.7. The number of carbonyl (C=O) groups excluding carboxylic acids is 1. The van der Waals surface area contributed by atoms with Crippen molar-refractivity contribution in [2.75, 3.05) is 79.2 Å². The summed E-state index contributed by atoms with van der Waals surface area (Å²) in [7, 11) is 0. The zero-order valence-electron chi connectivity index (χ0n) is 23.7. The standard InChI is InChI=1S/C29H44N2O8/c1-5-11-33-12-13-34-14-15-35-16-17-36-18-19-37-20-21-38-28-27(31-10-6-7-26(31)32)24-22-23(30-4)8-9-25(24)39-29(28,2)3/h8-9,22,27-28H,5-7,10-21H2,1-3H3/t27-,28+/m1/s1. The lowest BCUT2D eigenvalue weighted by molar-refractivity contribution is -0.151. The van der Waals surface area contributed by atoms with Gasteiger partial charge in [0.05, 0.1) is 78.7 Å². The monoisotopic (exact) mass is 548 g/mol. The van der Waals surface area contributed by atoms with E-state index in [1.165, 1.54) is 0 Å². The summed E-state index contributed by atoms with van der Waals surface area (Å²) in [6.07, 6.45) is 1.95. The summed E-state index contributed by atoms with van der Waals surface area (Å²) in [5.74, 6) is 0.797. The molecule has 0 radical (unpaired) electrons. The summed E-state index contributed by atoms with van der Waals surface area (Å²) in [6, 6.07) is 5.07. The Balaban J connectivity index is 1.34. The highest BCUT2D eigenvalue weighted by atomic mass is 16.6. The second kappa shape index (κ2) is 16.8. The van der Waals surface area contributed by atoms with Gasteiger partial charge in [-0.1, -0.05) is 13.0 Å². The van der Waals surface area contributed by atoms with E-state index in [9.17, 15) is 4.79 Å². The van der Waals surface area contributed by atoms with Gasteiger partial charge in [0.2, 0.25) is 5.91 Å². The quantitative estimate of drug-likeness (QED) is 0.190. The smallest absolute Gasteiger partial charge is 0.223 e. The molecule has 2 heterocycles. The molecule has 0 bridgehead atoms. The Morgan fingerprint density at radius 1 is 0.923 bits per heavy atom. The number of rotatable bonds is 19. The number of fused-ring (bicyclic) bond motifs is 1. The minimum absolute atomic E-state index is 0.104. The third kappa shape index (κ3) is 9.71. The highest BCUT2D eigenvalue weighted by Gasteiger charge is 2.49. The summed E-state index contributed by atoms with van der Waals surface area (Å²) >= 11 is 0. The molecular weight excluding hydrogens is 504 g/mol. The van der Waals surface area contributed by atoms with Crippen LogP contribution in [0.15, 0.2) is 18.2 Å². The molecule has 0 aromatic heterocycles. The number of nitrogens with zero attached hydrogens (tertiary/aromatic N) is 2. The topological polar surface area (TPSA) is 89.3 Å². The van der Waals surface area contributed by atoms with Crippen LogP contribution in [-0.4, -0.2) is 102 Å². The lowest BCUT2D eigenvalue weighted by Crippen LogP contribution is -2.55. The fourth-order valence-electron chi connectivity index (χ4n) is 4.76. The van der Waals surface area contributed by atoms with Gasteiger partial charge >= 0.3 is 0 Å². The van der Waals surface area contributed by atoms with E-state index < -0.39 is 11.7 Å². The Labute approximate surface area is 232 Å². The van der Waals surface area contributed by atoms with E-state index in [0.29, 0.717) is 90.5 Å². The number of benzene rings is 1. The van der Waals surface area contributed by atoms with Crippen LogP contribution in [0.25, 0.3) is 4.85 Å². The van der Waals surface area contributed by atoms with Crippen LogP contribution >= 0.6 is 0 Å². The molecule has 1 aromatic rings. The van der Waals surface area contributed by atoms with Gasteiger partial charge in [0, 0.05) is 25.1 Å². The first-order valence-electron chi connectivity index (χ1n) is 14.0. The molecule has 1 aromatic carbocycles. The maximum Gasteiger partial charge on any atom is 0.223 e. The van der Waals surface area contributed by atoms with Crippen LogP contribution in [0.3, 0.4) is 0 Å². The Morgan fingerprint density at radius 2 is 1.49 bits per heavy atom. The van der Waals surface area contributed by atoms with Crippen LogP contribution in [0, 0.1) is 6.57 Å². The van der Waals surface area contributed by atoms with Crippen LogP contribution in [0.2, 0.25) is 0 Å². The Morgan fingerprint density at radius 3 is 2.00 bits per heavy atom. The normalized spacial score (nSPS) is 20.1. The molecule has 39 heavy (non-hydrogen) atoms. The van der Waals surface area contributed by atoms with E-state index in [1.54, 1.807) is 6.07 Å². The molecule has 1 saturated heterocycles.